The molecule has 20 heavy (non-hydrogen) atoms. The predicted molar refractivity (Wildman–Crippen MR) is 78.7 cm³/mol. The first-order valence-corrected chi connectivity index (χ1v) is 7.79. The molecule has 0 heterocycles. The summed E-state index contributed by atoms with van der Waals surface area (Å²) in [6.07, 6.45) is 5.76. The Bertz CT molecular complexity index is 336. The van der Waals surface area contributed by atoms with E-state index in [9.17, 15) is 14.7 Å². The summed E-state index contributed by atoms with van der Waals surface area (Å²) in [5.74, 6) is -0.895. The van der Waals surface area contributed by atoms with Crippen molar-refractivity contribution in [3.63, 3.8) is 0 Å². The first-order chi connectivity index (χ1) is 9.46. The maximum Gasteiger partial charge on any atom is 0.329 e. The number of aliphatic carboxylic acids is 1. The molecule has 0 aliphatic heterocycles. The molecule has 1 rings (SSSR count). The summed E-state index contributed by atoms with van der Waals surface area (Å²) in [6.45, 7) is 6.53. The van der Waals surface area contributed by atoms with Crippen molar-refractivity contribution in [3.8, 4) is 0 Å². The highest BCUT2D eigenvalue weighted by Crippen LogP contribution is 2.28. The van der Waals surface area contributed by atoms with E-state index < -0.39 is 11.5 Å². The lowest BCUT2D eigenvalue weighted by Gasteiger charge is -2.34. The molecule has 0 aromatic rings. The number of carboxylic acid groups (broad SMARTS) is 1. The molecule has 0 saturated heterocycles. The summed E-state index contributed by atoms with van der Waals surface area (Å²) in [4.78, 5) is 25.8. The normalized spacial score (nSPS) is 19.8. The lowest BCUT2D eigenvalue weighted by molar-refractivity contribution is -0.145. The van der Waals surface area contributed by atoms with Crippen LogP contribution >= 0.6 is 0 Å². The van der Waals surface area contributed by atoms with E-state index in [0.717, 1.165) is 32.1 Å². The Morgan fingerprint density at radius 3 is 2.15 bits per heavy atom. The van der Waals surface area contributed by atoms with Gasteiger partial charge in [0.25, 0.3) is 0 Å². The molecular formula is C15H28N2O3. The molecule has 116 valence electrons. The number of carbonyl (C=O) groups is 2. The number of nitrogens with zero attached hydrogens (tertiary/aromatic N) is 1. The van der Waals surface area contributed by atoms with Crippen LogP contribution in [0.5, 0.6) is 0 Å². The first kappa shape index (κ1) is 16.8. The van der Waals surface area contributed by atoms with Crippen LogP contribution in [-0.4, -0.2) is 40.1 Å². The van der Waals surface area contributed by atoms with Crippen LogP contribution in [0.15, 0.2) is 0 Å². The summed E-state index contributed by atoms with van der Waals surface area (Å²) in [5.41, 5.74) is -1.07. The fourth-order valence-corrected chi connectivity index (χ4v) is 2.88. The van der Waals surface area contributed by atoms with E-state index >= 15 is 0 Å². The lowest BCUT2D eigenvalue weighted by Crippen LogP contribution is -2.58. The Morgan fingerprint density at radius 1 is 1.20 bits per heavy atom. The van der Waals surface area contributed by atoms with Crippen molar-refractivity contribution in [2.45, 2.75) is 77.3 Å². The Morgan fingerprint density at radius 2 is 1.75 bits per heavy atom. The van der Waals surface area contributed by atoms with Crippen LogP contribution in [0, 0.1) is 0 Å². The molecule has 1 atom stereocenters. The van der Waals surface area contributed by atoms with Crippen molar-refractivity contribution in [1.82, 2.24) is 10.2 Å². The van der Waals surface area contributed by atoms with Crippen LogP contribution < -0.4 is 5.32 Å². The molecule has 1 aliphatic rings. The molecule has 0 radical (unpaired) electrons. The summed E-state index contributed by atoms with van der Waals surface area (Å²) in [6, 6.07) is -0.122. The Kier molecular flexibility index (Phi) is 6.30. The van der Waals surface area contributed by atoms with Gasteiger partial charge < -0.3 is 15.3 Å². The standard InChI is InChI=1S/C15H28N2O3/c1-4-12(3)17(5-2)14(20)16-15(13(18)19)10-8-6-7-9-11-15/h12H,4-11H2,1-3H3,(H,16,20)(H,18,19). The van der Waals surface area contributed by atoms with Gasteiger partial charge in [0.15, 0.2) is 0 Å². The van der Waals surface area contributed by atoms with Crippen LogP contribution in [0.4, 0.5) is 4.79 Å². The predicted octanol–water partition coefficient (Wildman–Crippen LogP) is 2.99. The molecule has 1 saturated carbocycles. The monoisotopic (exact) mass is 284 g/mol. The van der Waals surface area contributed by atoms with Gasteiger partial charge in [-0.05, 0) is 33.1 Å². The van der Waals surface area contributed by atoms with Crippen molar-refractivity contribution < 1.29 is 14.7 Å². The van der Waals surface area contributed by atoms with E-state index in [2.05, 4.69) is 5.32 Å². The quantitative estimate of drug-likeness (QED) is 0.762. The minimum Gasteiger partial charge on any atom is -0.480 e. The van der Waals surface area contributed by atoms with Gasteiger partial charge in [0.05, 0.1) is 0 Å². The zero-order chi connectivity index (χ0) is 15.2. The van der Waals surface area contributed by atoms with Crippen molar-refractivity contribution in [2.75, 3.05) is 6.54 Å². The fraction of sp³-hybridized carbons (Fsp3) is 0.867. The molecular weight excluding hydrogens is 256 g/mol. The zero-order valence-electron chi connectivity index (χ0n) is 12.9. The minimum atomic E-state index is -1.07. The van der Waals surface area contributed by atoms with Gasteiger partial charge in [0, 0.05) is 12.6 Å². The van der Waals surface area contributed by atoms with Gasteiger partial charge in [0.2, 0.25) is 0 Å². The summed E-state index contributed by atoms with van der Waals surface area (Å²) in [5, 5.41) is 12.4. The van der Waals surface area contributed by atoms with Gasteiger partial charge in [-0.25, -0.2) is 9.59 Å². The molecule has 1 aliphatic carbocycles. The van der Waals surface area contributed by atoms with Gasteiger partial charge in [-0.15, -0.1) is 0 Å². The maximum atomic E-state index is 12.4. The van der Waals surface area contributed by atoms with Crippen LogP contribution in [-0.2, 0) is 4.79 Å². The summed E-state index contributed by atoms with van der Waals surface area (Å²) < 4.78 is 0. The molecule has 5 nitrogen and oxygen atoms in total. The van der Waals surface area contributed by atoms with Gasteiger partial charge in [-0.1, -0.05) is 32.6 Å². The molecule has 5 heteroatoms. The second-order valence-electron chi connectivity index (χ2n) is 5.77. The highest BCUT2D eigenvalue weighted by Gasteiger charge is 2.41. The number of nitrogens with one attached hydrogen (secondary N) is 1. The van der Waals surface area contributed by atoms with Crippen molar-refractivity contribution in [1.29, 1.82) is 0 Å². The highest BCUT2D eigenvalue weighted by atomic mass is 16.4. The second kappa shape index (κ2) is 7.50. The van der Waals surface area contributed by atoms with E-state index in [0.29, 0.717) is 19.4 Å². The maximum absolute atomic E-state index is 12.4. The van der Waals surface area contributed by atoms with Gasteiger partial charge >= 0.3 is 12.0 Å². The Hall–Kier alpha value is -1.26. The van der Waals surface area contributed by atoms with E-state index in [-0.39, 0.29) is 12.1 Å². The number of amides is 2. The van der Waals surface area contributed by atoms with Crippen LogP contribution in [0.25, 0.3) is 0 Å². The van der Waals surface area contributed by atoms with Gasteiger partial charge in [-0.2, -0.15) is 0 Å². The topological polar surface area (TPSA) is 69.6 Å². The third-order valence-corrected chi connectivity index (χ3v) is 4.44. The van der Waals surface area contributed by atoms with Crippen LogP contribution in [0.3, 0.4) is 0 Å². The molecule has 0 bridgehead atoms. The zero-order valence-corrected chi connectivity index (χ0v) is 12.9. The van der Waals surface area contributed by atoms with Gasteiger partial charge in [-0.3, -0.25) is 0 Å². The number of urea groups is 1. The largest absolute Gasteiger partial charge is 0.480 e. The molecule has 0 aromatic carbocycles. The third-order valence-electron chi connectivity index (χ3n) is 4.44. The number of rotatable bonds is 5. The molecule has 1 fully saturated rings. The van der Waals surface area contributed by atoms with E-state index in [1.807, 2.05) is 20.8 Å². The van der Waals surface area contributed by atoms with Gasteiger partial charge in [0.1, 0.15) is 5.54 Å². The SMILES string of the molecule is CCC(C)N(CC)C(=O)NC1(C(=O)O)CCCCCC1. The molecule has 0 spiro atoms. The number of carboxylic acids is 1. The third kappa shape index (κ3) is 3.87. The number of carbonyl (C=O) groups excluding carboxylic acids is 1. The van der Waals surface area contributed by atoms with E-state index in [1.165, 1.54) is 0 Å². The van der Waals surface area contributed by atoms with E-state index in [4.69, 9.17) is 0 Å². The summed E-state index contributed by atoms with van der Waals surface area (Å²) >= 11 is 0. The molecule has 1 unspecified atom stereocenters. The first-order valence-electron chi connectivity index (χ1n) is 7.79. The molecule has 2 amide bonds. The van der Waals surface area contributed by atoms with Crippen molar-refractivity contribution in [3.05, 3.63) is 0 Å². The Balaban J connectivity index is 2.83. The van der Waals surface area contributed by atoms with E-state index in [1.54, 1.807) is 4.90 Å². The average Bonchev–Trinajstić information content (AvgIpc) is 2.65. The van der Waals surface area contributed by atoms with Crippen molar-refractivity contribution in [2.24, 2.45) is 0 Å². The minimum absolute atomic E-state index is 0.122. The molecule has 0 aromatic heterocycles. The molecule has 2 N–H and O–H groups in total. The lowest BCUT2D eigenvalue weighted by atomic mass is 9.90. The smallest absolute Gasteiger partial charge is 0.329 e. The van der Waals surface area contributed by atoms with Crippen LogP contribution in [0.2, 0.25) is 0 Å². The van der Waals surface area contributed by atoms with Crippen LogP contribution in [0.1, 0.15) is 65.7 Å². The van der Waals surface area contributed by atoms with Crippen molar-refractivity contribution >= 4 is 12.0 Å². The number of hydrogen-bond acceptors (Lipinski definition) is 2. The fourth-order valence-electron chi connectivity index (χ4n) is 2.88. The summed E-state index contributed by atoms with van der Waals surface area (Å²) in [7, 11) is 0. The highest BCUT2D eigenvalue weighted by molar-refractivity contribution is 5.86. The second-order valence-corrected chi connectivity index (χ2v) is 5.77. The number of hydrogen-bond donors (Lipinski definition) is 2. The Labute approximate surface area is 121 Å². The average molecular weight is 284 g/mol.